The van der Waals surface area contributed by atoms with E-state index in [4.69, 9.17) is 9.47 Å². The topological polar surface area (TPSA) is 30.5 Å². The number of rotatable bonds is 3. The fraction of sp³-hybridized carbons (Fsp3) is 0.455. The standard InChI is InChI=1S/C11H15NO2S/c15-8-12-7-9-2-3-10-11(6-9)14-5-1-4-13-10/h2-3,6,12,15H,1,4-5,7-8H2. The highest BCUT2D eigenvalue weighted by molar-refractivity contribution is 7.80. The van der Waals surface area contributed by atoms with Gasteiger partial charge in [0.25, 0.3) is 0 Å². The molecule has 1 aliphatic heterocycles. The largest absolute Gasteiger partial charge is 0.490 e. The van der Waals surface area contributed by atoms with E-state index in [1.54, 1.807) is 0 Å². The molecular formula is C11H15NO2S. The molecule has 0 saturated carbocycles. The van der Waals surface area contributed by atoms with Crippen molar-refractivity contribution in [2.24, 2.45) is 0 Å². The molecular weight excluding hydrogens is 210 g/mol. The fourth-order valence-corrected chi connectivity index (χ4v) is 1.63. The lowest BCUT2D eigenvalue weighted by Gasteiger charge is -2.09. The van der Waals surface area contributed by atoms with Gasteiger partial charge in [0.2, 0.25) is 0 Å². The van der Waals surface area contributed by atoms with Gasteiger partial charge in [-0.3, -0.25) is 0 Å². The zero-order chi connectivity index (χ0) is 10.5. The molecule has 0 spiro atoms. The predicted octanol–water partition coefficient (Wildman–Crippen LogP) is 1.82. The molecule has 0 aliphatic carbocycles. The van der Waals surface area contributed by atoms with Crippen molar-refractivity contribution in [3.8, 4) is 11.5 Å². The Balaban J connectivity index is 2.13. The van der Waals surface area contributed by atoms with Gasteiger partial charge in [-0.05, 0) is 17.7 Å². The quantitative estimate of drug-likeness (QED) is 0.607. The molecule has 0 radical (unpaired) electrons. The van der Waals surface area contributed by atoms with Gasteiger partial charge in [-0.15, -0.1) is 0 Å². The van der Waals surface area contributed by atoms with Crippen LogP contribution in [-0.2, 0) is 6.54 Å². The highest BCUT2D eigenvalue weighted by Crippen LogP contribution is 2.30. The summed E-state index contributed by atoms with van der Waals surface area (Å²) in [4.78, 5) is 0. The lowest BCUT2D eigenvalue weighted by Crippen LogP contribution is -2.10. The molecule has 0 atom stereocenters. The first kappa shape index (κ1) is 10.6. The highest BCUT2D eigenvalue weighted by atomic mass is 32.1. The minimum Gasteiger partial charge on any atom is -0.490 e. The van der Waals surface area contributed by atoms with Crippen molar-refractivity contribution in [1.82, 2.24) is 5.32 Å². The fourth-order valence-electron chi connectivity index (χ4n) is 1.52. The van der Waals surface area contributed by atoms with Gasteiger partial charge in [-0.2, -0.15) is 12.6 Å². The molecule has 0 bridgehead atoms. The molecule has 2 rings (SSSR count). The summed E-state index contributed by atoms with van der Waals surface area (Å²) in [6.07, 6.45) is 0.943. The SMILES string of the molecule is SCNCc1ccc2c(c1)OCCCO2. The van der Waals surface area contributed by atoms with Crippen LogP contribution in [0.4, 0.5) is 0 Å². The van der Waals surface area contributed by atoms with Crippen LogP contribution >= 0.6 is 12.6 Å². The van der Waals surface area contributed by atoms with E-state index in [1.165, 1.54) is 5.56 Å². The Morgan fingerprint density at radius 1 is 1.20 bits per heavy atom. The van der Waals surface area contributed by atoms with Crippen LogP contribution in [0.3, 0.4) is 0 Å². The van der Waals surface area contributed by atoms with Crippen molar-refractivity contribution in [3.05, 3.63) is 23.8 Å². The van der Waals surface area contributed by atoms with Crippen LogP contribution in [-0.4, -0.2) is 19.1 Å². The molecule has 3 nitrogen and oxygen atoms in total. The Hall–Kier alpha value is -0.870. The van der Waals surface area contributed by atoms with Crippen molar-refractivity contribution in [3.63, 3.8) is 0 Å². The number of hydrogen-bond acceptors (Lipinski definition) is 4. The molecule has 1 heterocycles. The molecule has 4 heteroatoms. The normalized spacial score (nSPS) is 14.7. The van der Waals surface area contributed by atoms with Crippen LogP contribution in [0.2, 0.25) is 0 Å². The maximum atomic E-state index is 5.60. The smallest absolute Gasteiger partial charge is 0.161 e. The maximum absolute atomic E-state index is 5.60. The molecule has 82 valence electrons. The molecule has 0 aromatic heterocycles. The maximum Gasteiger partial charge on any atom is 0.161 e. The van der Waals surface area contributed by atoms with Crippen LogP contribution < -0.4 is 14.8 Å². The van der Waals surface area contributed by atoms with Crippen LogP contribution in [0, 0.1) is 0 Å². The minimum atomic E-state index is 0.675. The van der Waals surface area contributed by atoms with Crippen LogP contribution in [0.5, 0.6) is 11.5 Å². The van der Waals surface area contributed by atoms with E-state index >= 15 is 0 Å². The third-order valence-corrected chi connectivity index (χ3v) is 2.48. The average Bonchev–Trinajstić information content (AvgIpc) is 2.50. The van der Waals surface area contributed by atoms with Crippen molar-refractivity contribution >= 4 is 12.6 Å². The molecule has 0 unspecified atom stereocenters. The first-order chi connectivity index (χ1) is 7.40. The molecule has 1 aromatic carbocycles. The lowest BCUT2D eigenvalue weighted by molar-refractivity contribution is 0.297. The van der Waals surface area contributed by atoms with Crippen molar-refractivity contribution in [1.29, 1.82) is 0 Å². The Morgan fingerprint density at radius 2 is 2.00 bits per heavy atom. The van der Waals surface area contributed by atoms with E-state index in [0.29, 0.717) is 5.88 Å². The Labute approximate surface area is 95.2 Å². The second kappa shape index (κ2) is 5.28. The number of hydrogen-bond donors (Lipinski definition) is 2. The van der Waals surface area contributed by atoms with E-state index in [9.17, 15) is 0 Å². The summed E-state index contributed by atoms with van der Waals surface area (Å²) in [7, 11) is 0. The molecule has 1 aliphatic rings. The highest BCUT2D eigenvalue weighted by Gasteiger charge is 2.09. The van der Waals surface area contributed by atoms with Gasteiger partial charge >= 0.3 is 0 Å². The van der Waals surface area contributed by atoms with E-state index in [2.05, 4.69) is 17.9 Å². The summed E-state index contributed by atoms with van der Waals surface area (Å²) in [6, 6.07) is 6.04. The number of benzene rings is 1. The van der Waals surface area contributed by atoms with Crippen LogP contribution in [0.1, 0.15) is 12.0 Å². The van der Waals surface area contributed by atoms with Gasteiger partial charge in [0.05, 0.1) is 13.2 Å². The third kappa shape index (κ3) is 2.79. The van der Waals surface area contributed by atoms with E-state index in [-0.39, 0.29) is 0 Å². The van der Waals surface area contributed by atoms with E-state index in [0.717, 1.165) is 37.7 Å². The first-order valence-electron chi connectivity index (χ1n) is 5.10. The monoisotopic (exact) mass is 225 g/mol. The molecule has 1 aromatic rings. The molecule has 0 saturated heterocycles. The summed E-state index contributed by atoms with van der Waals surface area (Å²) in [5.74, 6) is 2.38. The summed E-state index contributed by atoms with van der Waals surface area (Å²) in [6.45, 7) is 2.28. The Bertz CT molecular complexity index is 330. The zero-order valence-electron chi connectivity index (χ0n) is 8.53. The van der Waals surface area contributed by atoms with Crippen molar-refractivity contribution in [2.75, 3.05) is 19.1 Å². The Kier molecular flexibility index (Phi) is 3.75. The summed E-state index contributed by atoms with van der Waals surface area (Å²) >= 11 is 4.10. The van der Waals surface area contributed by atoms with Crippen LogP contribution in [0.15, 0.2) is 18.2 Å². The van der Waals surface area contributed by atoms with E-state index in [1.807, 2.05) is 18.2 Å². The van der Waals surface area contributed by atoms with Crippen molar-refractivity contribution in [2.45, 2.75) is 13.0 Å². The molecule has 15 heavy (non-hydrogen) atoms. The number of ether oxygens (including phenoxy) is 2. The second-order valence-electron chi connectivity index (χ2n) is 3.42. The second-order valence-corrected chi connectivity index (χ2v) is 3.73. The lowest BCUT2D eigenvalue weighted by atomic mass is 10.2. The van der Waals surface area contributed by atoms with Gasteiger partial charge in [0.1, 0.15) is 0 Å². The third-order valence-electron chi connectivity index (χ3n) is 2.25. The van der Waals surface area contributed by atoms with Gasteiger partial charge in [0.15, 0.2) is 11.5 Å². The summed E-state index contributed by atoms with van der Waals surface area (Å²) in [5.41, 5.74) is 1.19. The number of nitrogens with one attached hydrogen (secondary N) is 1. The van der Waals surface area contributed by atoms with Gasteiger partial charge in [-0.25, -0.2) is 0 Å². The summed E-state index contributed by atoms with van der Waals surface area (Å²) in [5, 5.41) is 3.15. The summed E-state index contributed by atoms with van der Waals surface area (Å²) < 4.78 is 11.1. The zero-order valence-corrected chi connectivity index (χ0v) is 9.43. The molecule has 0 amide bonds. The number of fused-ring (bicyclic) bond motifs is 1. The molecule has 0 fully saturated rings. The van der Waals surface area contributed by atoms with Crippen LogP contribution in [0.25, 0.3) is 0 Å². The number of thiol groups is 1. The average molecular weight is 225 g/mol. The molecule has 1 N–H and O–H groups in total. The van der Waals surface area contributed by atoms with Gasteiger partial charge < -0.3 is 14.8 Å². The first-order valence-corrected chi connectivity index (χ1v) is 5.73. The van der Waals surface area contributed by atoms with Gasteiger partial charge in [-0.1, -0.05) is 6.07 Å². The Morgan fingerprint density at radius 3 is 2.80 bits per heavy atom. The predicted molar refractivity (Wildman–Crippen MR) is 62.7 cm³/mol. The van der Waals surface area contributed by atoms with Crippen molar-refractivity contribution < 1.29 is 9.47 Å². The van der Waals surface area contributed by atoms with E-state index < -0.39 is 0 Å². The minimum absolute atomic E-state index is 0.675. The van der Waals surface area contributed by atoms with Gasteiger partial charge in [0, 0.05) is 18.8 Å².